The lowest BCUT2D eigenvalue weighted by atomic mass is 10.1. The second-order valence-corrected chi connectivity index (χ2v) is 3.98. The number of aromatic nitrogens is 1. The quantitative estimate of drug-likeness (QED) is 0.497. The fourth-order valence-corrected chi connectivity index (χ4v) is 2.33. The Morgan fingerprint density at radius 3 is 2.79 bits per heavy atom. The zero-order valence-corrected chi connectivity index (χ0v) is 8.41. The highest BCUT2D eigenvalue weighted by Gasteiger charge is 1.98. The second kappa shape index (κ2) is 3.04. The normalized spacial score (nSPS) is 11.4. The van der Waals surface area contributed by atoms with E-state index in [0.717, 1.165) is 13.9 Å². The molecule has 14 heavy (non-hydrogen) atoms. The topological polar surface area (TPSA) is 12.9 Å². The van der Waals surface area contributed by atoms with Gasteiger partial charge in [-0.1, -0.05) is 30.3 Å². The molecule has 0 saturated heterocycles. The van der Waals surface area contributed by atoms with E-state index in [1.807, 2.05) is 0 Å². The van der Waals surface area contributed by atoms with Gasteiger partial charge in [0.2, 0.25) is 0 Å². The third-order valence-corrected chi connectivity index (χ3v) is 3.03. The molecule has 3 rings (SSSR count). The average molecular weight is 197 g/mol. The maximum atomic E-state index is 4.43. The van der Waals surface area contributed by atoms with E-state index in [0.29, 0.717) is 0 Å². The molecule has 0 fully saturated rings. The first kappa shape index (κ1) is 7.90. The zero-order chi connectivity index (χ0) is 9.38. The van der Waals surface area contributed by atoms with Crippen LogP contribution in [0.15, 0.2) is 48.3 Å². The van der Waals surface area contributed by atoms with E-state index in [2.05, 4.69) is 53.0 Å². The minimum Gasteiger partial charge on any atom is -0.227 e. The van der Waals surface area contributed by atoms with Crippen LogP contribution in [0.4, 0.5) is 0 Å². The van der Waals surface area contributed by atoms with Gasteiger partial charge in [-0.25, -0.2) is 4.75 Å². The molecule has 2 aromatic carbocycles. The molecule has 0 N–H and O–H groups in total. The number of hydrogen-bond acceptors (Lipinski definition) is 1. The molecule has 2 heteroatoms. The van der Waals surface area contributed by atoms with Crippen LogP contribution in [0.3, 0.4) is 0 Å². The summed E-state index contributed by atoms with van der Waals surface area (Å²) < 4.78 is 4.43. The molecule has 0 bridgehead atoms. The van der Waals surface area contributed by atoms with Gasteiger partial charge >= 0.3 is 0 Å². The molecule has 0 amide bonds. The maximum Gasteiger partial charge on any atom is 0.0758 e. The van der Waals surface area contributed by atoms with Gasteiger partial charge in [-0.3, -0.25) is 0 Å². The Labute approximate surface area is 83.6 Å². The lowest BCUT2D eigenvalue weighted by molar-refractivity contribution is 1.65. The van der Waals surface area contributed by atoms with Gasteiger partial charge in [0.15, 0.2) is 0 Å². The average Bonchev–Trinajstić information content (AvgIpc) is 2.29. The van der Waals surface area contributed by atoms with Crippen molar-refractivity contribution in [3.05, 3.63) is 48.3 Å². The van der Waals surface area contributed by atoms with Gasteiger partial charge in [-0.05, 0) is 28.7 Å². The Hall–Kier alpha value is -1.46. The van der Waals surface area contributed by atoms with E-state index >= 15 is 0 Å². The van der Waals surface area contributed by atoms with Crippen LogP contribution in [-0.2, 0) is 0 Å². The lowest BCUT2D eigenvalue weighted by Gasteiger charge is -2.01. The van der Waals surface area contributed by atoms with Crippen molar-refractivity contribution < 1.29 is 0 Å². The SMILES string of the molecule is c1ccc2c(c1)ccc1npccc12. The van der Waals surface area contributed by atoms with Crippen molar-refractivity contribution in [2.75, 3.05) is 0 Å². The smallest absolute Gasteiger partial charge is 0.0758 e. The number of hydrogen-bond donors (Lipinski definition) is 0. The molecular weight excluding hydrogens is 189 g/mol. The van der Waals surface area contributed by atoms with Crippen molar-refractivity contribution in [3.63, 3.8) is 0 Å². The lowest BCUT2D eigenvalue weighted by Crippen LogP contribution is -1.77. The van der Waals surface area contributed by atoms with Crippen molar-refractivity contribution in [3.8, 4) is 0 Å². The maximum absolute atomic E-state index is 4.43. The summed E-state index contributed by atoms with van der Waals surface area (Å²) in [5.41, 5.74) is 1.10. The Morgan fingerprint density at radius 2 is 1.79 bits per heavy atom. The van der Waals surface area contributed by atoms with Crippen LogP contribution in [0.25, 0.3) is 21.7 Å². The van der Waals surface area contributed by atoms with Gasteiger partial charge in [0.25, 0.3) is 0 Å². The van der Waals surface area contributed by atoms with E-state index in [9.17, 15) is 0 Å². The largest absolute Gasteiger partial charge is 0.227 e. The van der Waals surface area contributed by atoms with Crippen LogP contribution in [-0.4, -0.2) is 4.75 Å². The van der Waals surface area contributed by atoms with E-state index in [1.54, 1.807) is 0 Å². The van der Waals surface area contributed by atoms with Crippen LogP contribution in [0.1, 0.15) is 0 Å². The molecule has 0 spiro atoms. The molecule has 0 unspecified atom stereocenters. The monoisotopic (exact) mass is 197 g/mol. The van der Waals surface area contributed by atoms with Gasteiger partial charge < -0.3 is 0 Å². The fourth-order valence-electron chi connectivity index (χ4n) is 1.75. The molecule has 1 heterocycles. The third-order valence-electron chi connectivity index (χ3n) is 2.42. The van der Waals surface area contributed by atoms with Crippen molar-refractivity contribution in [2.24, 2.45) is 0 Å². The number of nitrogens with zero attached hydrogens (tertiary/aromatic N) is 1. The Morgan fingerprint density at radius 1 is 0.857 bits per heavy atom. The van der Waals surface area contributed by atoms with Gasteiger partial charge in [0, 0.05) is 13.7 Å². The van der Waals surface area contributed by atoms with E-state index < -0.39 is 0 Å². The molecule has 0 aliphatic carbocycles. The predicted octanol–water partition coefficient (Wildman–Crippen LogP) is 3.97. The van der Waals surface area contributed by atoms with E-state index in [4.69, 9.17) is 0 Å². The van der Waals surface area contributed by atoms with Crippen molar-refractivity contribution in [1.82, 2.24) is 4.75 Å². The van der Waals surface area contributed by atoms with Crippen LogP contribution >= 0.6 is 8.35 Å². The molecule has 0 aliphatic rings. The second-order valence-electron chi connectivity index (χ2n) is 3.25. The van der Waals surface area contributed by atoms with Crippen molar-refractivity contribution in [2.45, 2.75) is 0 Å². The van der Waals surface area contributed by atoms with Gasteiger partial charge in [-0.2, -0.15) is 0 Å². The zero-order valence-electron chi connectivity index (χ0n) is 7.51. The fraction of sp³-hybridized carbons (Fsp3) is 0. The summed E-state index contributed by atoms with van der Waals surface area (Å²) in [6, 6.07) is 14.8. The van der Waals surface area contributed by atoms with Crippen LogP contribution in [0.2, 0.25) is 0 Å². The van der Waals surface area contributed by atoms with E-state index in [1.165, 1.54) is 16.2 Å². The minimum atomic E-state index is 1.04. The highest BCUT2D eigenvalue weighted by atomic mass is 31.0. The first-order chi connectivity index (χ1) is 6.95. The molecule has 0 aliphatic heterocycles. The summed E-state index contributed by atoms with van der Waals surface area (Å²) >= 11 is 0. The summed E-state index contributed by atoms with van der Waals surface area (Å²) in [6.45, 7) is 0. The molecular formula is C12H8NP. The molecule has 66 valence electrons. The highest BCUT2D eigenvalue weighted by molar-refractivity contribution is 7.24. The van der Waals surface area contributed by atoms with Crippen LogP contribution in [0.5, 0.6) is 0 Å². The molecule has 1 nitrogen and oxygen atoms in total. The number of benzene rings is 2. The molecule has 3 aromatic rings. The standard InChI is InChI=1S/C12H8NP/c1-2-4-10-9(3-1)5-6-12-11(10)7-8-14-13-12/h1-8H. The summed E-state index contributed by atoms with van der Waals surface area (Å²) in [6.07, 6.45) is 0. The molecule has 0 saturated carbocycles. The van der Waals surface area contributed by atoms with Crippen LogP contribution in [0, 0.1) is 0 Å². The molecule has 0 radical (unpaired) electrons. The Kier molecular flexibility index (Phi) is 1.71. The summed E-state index contributed by atoms with van der Waals surface area (Å²) in [7, 11) is 1.04. The summed E-state index contributed by atoms with van der Waals surface area (Å²) in [4.78, 5) is 0. The van der Waals surface area contributed by atoms with Crippen molar-refractivity contribution in [1.29, 1.82) is 0 Å². The summed E-state index contributed by atoms with van der Waals surface area (Å²) in [5, 5.41) is 3.83. The minimum absolute atomic E-state index is 1.04. The Balaban J connectivity index is 2.61. The Bertz CT molecular complexity index is 549. The van der Waals surface area contributed by atoms with Crippen LogP contribution < -0.4 is 0 Å². The van der Waals surface area contributed by atoms with Gasteiger partial charge in [0.1, 0.15) is 0 Å². The highest BCUT2D eigenvalue weighted by Crippen LogP contribution is 2.24. The van der Waals surface area contributed by atoms with Gasteiger partial charge in [-0.15, -0.1) is 0 Å². The molecule has 0 atom stereocenters. The predicted molar refractivity (Wildman–Crippen MR) is 61.8 cm³/mol. The van der Waals surface area contributed by atoms with Gasteiger partial charge in [0.05, 0.1) is 5.52 Å². The number of rotatable bonds is 0. The van der Waals surface area contributed by atoms with Crippen molar-refractivity contribution >= 4 is 30.0 Å². The first-order valence-corrected chi connectivity index (χ1v) is 5.46. The number of fused-ring (bicyclic) bond motifs is 3. The first-order valence-electron chi connectivity index (χ1n) is 4.54. The third kappa shape index (κ3) is 1.10. The summed E-state index contributed by atoms with van der Waals surface area (Å²) in [5.74, 6) is 2.08. The molecule has 1 aromatic heterocycles. The van der Waals surface area contributed by atoms with E-state index in [-0.39, 0.29) is 0 Å².